The summed E-state index contributed by atoms with van der Waals surface area (Å²) in [6.45, 7) is 3.75. The van der Waals surface area contributed by atoms with Gasteiger partial charge in [-0.15, -0.1) is 4.09 Å². The van der Waals surface area contributed by atoms with E-state index in [0.717, 1.165) is 14.0 Å². The molecule has 0 bridgehead atoms. The fraction of sp³-hybridized carbons (Fsp3) is 0.375. The number of halogens is 1. The molecule has 0 aliphatic heterocycles. The van der Waals surface area contributed by atoms with Gasteiger partial charge in [-0.05, 0) is 25.5 Å². The lowest BCUT2D eigenvalue weighted by atomic mass is 10.0. The van der Waals surface area contributed by atoms with Crippen molar-refractivity contribution in [2.24, 2.45) is 0 Å². The van der Waals surface area contributed by atoms with Crippen LogP contribution in [0, 0.1) is 6.92 Å². The van der Waals surface area contributed by atoms with Crippen molar-refractivity contribution in [3.63, 3.8) is 0 Å². The first-order valence-corrected chi connectivity index (χ1v) is 9.38. The molecule has 136 valence electrons. The van der Waals surface area contributed by atoms with Gasteiger partial charge in [-0.2, -0.15) is 17.8 Å². The topological polar surface area (TPSA) is 81.5 Å². The number of carbonyl (C=O) groups excluding carboxylic acids is 1. The van der Waals surface area contributed by atoms with Crippen LogP contribution < -0.4 is 0 Å². The molecule has 2 aromatic rings. The van der Waals surface area contributed by atoms with E-state index < -0.39 is 16.2 Å². The van der Waals surface area contributed by atoms with Crippen molar-refractivity contribution < 1.29 is 17.9 Å². The van der Waals surface area contributed by atoms with Gasteiger partial charge in [0.25, 0.3) is 0 Å². The highest BCUT2D eigenvalue weighted by molar-refractivity contribution is 7.87. The summed E-state index contributed by atoms with van der Waals surface area (Å²) in [6.07, 6.45) is 1.33. The van der Waals surface area contributed by atoms with Crippen molar-refractivity contribution in [3.05, 3.63) is 51.8 Å². The molecule has 9 heteroatoms. The number of aromatic nitrogens is 2. The average Bonchev–Trinajstić information content (AvgIpc) is 2.95. The Bertz CT molecular complexity index is 891. The Morgan fingerprint density at radius 1 is 1.36 bits per heavy atom. The molecule has 7 nitrogen and oxygen atoms in total. The minimum absolute atomic E-state index is 0.102. The monoisotopic (exact) mass is 385 g/mol. The maximum atomic E-state index is 12.5. The van der Waals surface area contributed by atoms with Gasteiger partial charge in [0, 0.05) is 25.5 Å². The number of rotatable bonds is 6. The van der Waals surface area contributed by atoms with Crippen LogP contribution in [0.5, 0.6) is 0 Å². The molecule has 0 radical (unpaired) electrons. The molecule has 0 aliphatic carbocycles. The molecule has 1 aromatic carbocycles. The number of nitrogens with zero attached hydrogens (tertiary/aromatic N) is 3. The zero-order valence-electron chi connectivity index (χ0n) is 14.5. The standard InChI is InChI=1S/C16H20ClN3O4S/c1-5-24-16(21)13-10-18-20(25(22,23)19(3)4)15(13)9-12-8-11(2)6-7-14(12)17/h6-8,10H,5,9H2,1-4H3. The molecule has 0 spiro atoms. The lowest BCUT2D eigenvalue weighted by molar-refractivity contribution is 0.0525. The second-order valence-corrected chi connectivity index (χ2v) is 8.01. The fourth-order valence-electron chi connectivity index (χ4n) is 2.27. The molecule has 0 saturated carbocycles. The molecule has 0 N–H and O–H groups in total. The SMILES string of the molecule is CCOC(=O)c1cnn(S(=O)(=O)N(C)C)c1Cc1cc(C)ccc1Cl. The van der Waals surface area contributed by atoms with Crippen molar-refractivity contribution in [2.45, 2.75) is 20.3 Å². The van der Waals surface area contributed by atoms with E-state index in [1.807, 2.05) is 19.1 Å². The summed E-state index contributed by atoms with van der Waals surface area (Å²) in [5, 5.41) is 4.39. The molecule has 0 amide bonds. The number of aryl methyl sites for hydroxylation is 1. The zero-order chi connectivity index (χ0) is 18.8. The number of ether oxygens (including phenoxy) is 1. The predicted molar refractivity (Wildman–Crippen MR) is 95.2 cm³/mol. The van der Waals surface area contributed by atoms with E-state index in [1.54, 1.807) is 13.0 Å². The molecule has 0 aliphatic rings. The first-order valence-electron chi connectivity index (χ1n) is 7.60. The van der Waals surface area contributed by atoms with E-state index in [4.69, 9.17) is 16.3 Å². The van der Waals surface area contributed by atoms with Gasteiger partial charge in [-0.3, -0.25) is 0 Å². The Labute approximate surface area is 152 Å². The average molecular weight is 386 g/mol. The third-order valence-corrected chi connectivity index (χ3v) is 5.61. The number of carbonyl (C=O) groups is 1. The molecule has 2 rings (SSSR count). The van der Waals surface area contributed by atoms with Gasteiger partial charge in [0.15, 0.2) is 0 Å². The first-order chi connectivity index (χ1) is 11.7. The highest BCUT2D eigenvalue weighted by Crippen LogP contribution is 2.24. The van der Waals surface area contributed by atoms with Crippen LogP contribution in [-0.2, 0) is 21.4 Å². The molecule has 0 fully saturated rings. The number of hydrogen-bond acceptors (Lipinski definition) is 5. The van der Waals surface area contributed by atoms with Gasteiger partial charge >= 0.3 is 16.2 Å². The molecule has 1 heterocycles. The number of benzene rings is 1. The second-order valence-electron chi connectivity index (χ2n) is 5.63. The summed E-state index contributed by atoms with van der Waals surface area (Å²) in [5.41, 5.74) is 1.98. The Hall–Kier alpha value is -1.90. The van der Waals surface area contributed by atoms with E-state index in [-0.39, 0.29) is 24.3 Å². The van der Waals surface area contributed by atoms with Gasteiger partial charge in [0.2, 0.25) is 0 Å². The van der Waals surface area contributed by atoms with Crippen LogP contribution >= 0.6 is 11.6 Å². The normalized spacial score (nSPS) is 11.8. The second kappa shape index (κ2) is 7.55. The molecule has 25 heavy (non-hydrogen) atoms. The highest BCUT2D eigenvalue weighted by atomic mass is 35.5. The minimum atomic E-state index is -3.89. The van der Waals surface area contributed by atoms with Crippen LogP contribution in [0.3, 0.4) is 0 Å². The van der Waals surface area contributed by atoms with Crippen molar-refractivity contribution in [1.82, 2.24) is 13.5 Å². The van der Waals surface area contributed by atoms with Crippen molar-refractivity contribution in [1.29, 1.82) is 0 Å². The van der Waals surface area contributed by atoms with E-state index in [9.17, 15) is 13.2 Å². The lowest BCUT2D eigenvalue weighted by Gasteiger charge is -2.15. The summed E-state index contributed by atoms with van der Waals surface area (Å²) < 4.78 is 31.9. The summed E-state index contributed by atoms with van der Waals surface area (Å²) >= 11 is 6.23. The summed E-state index contributed by atoms with van der Waals surface area (Å²) in [6, 6.07) is 5.43. The summed E-state index contributed by atoms with van der Waals surface area (Å²) in [7, 11) is -1.10. The fourth-order valence-corrected chi connectivity index (χ4v) is 3.37. The van der Waals surface area contributed by atoms with Crippen LogP contribution in [0.4, 0.5) is 0 Å². The van der Waals surface area contributed by atoms with E-state index in [0.29, 0.717) is 10.6 Å². The van der Waals surface area contributed by atoms with Gasteiger partial charge in [0.1, 0.15) is 5.56 Å². The van der Waals surface area contributed by atoms with Crippen LogP contribution in [-0.4, -0.2) is 48.6 Å². The molecule has 0 atom stereocenters. The first kappa shape index (κ1) is 19.4. The van der Waals surface area contributed by atoms with Crippen molar-refractivity contribution >= 4 is 27.8 Å². The molecule has 1 aromatic heterocycles. The van der Waals surface area contributed by atoms with E-state index in [2.05, 4.69) is 5.10 Å². The maximum Gasteiger partial charge on any atom is 0.341 e. The Balaban J connectivity index is 2.61. The van der Waals surface area contributed by atoms with Crippen molar-refractivity contribution in [3.8, 4) is 0 Å². The minimum Gasteiger partial charge on any atom is -0.462 e. The predicted octanol–water partition coefficient (Wildman–Crippen LogP) is 2.27. The third-order valence-electron chi connectivity index (χ3n) is 3.57. The Kier molecular flexibility index (Phi) is 5.87. The Morgan fingerprint density at radius 3 is 2.64 bits per heavy atom. The molecule has 0 saturated heterocycles. The number of esters is 1. The number of hydrogen-bond donors (Lipinski definition) is 0. The van der Waals surface area contributed by atoms with Gasteiger partial charge in [-0.1, -0.05) is 29.3 Å². The van der Waals surface area contributed by atoms with Gasteiger partial charge < -0.3 is 4.74 Å². The van der Waals surface area contributed by atoms with Crippen LogP contribution in [0.2, 0.25) is 5.02 Å². The third kappa shape index (κ3) is 4.02. The summed E-state index contributed by atoms with van der Waals surface area (Å²) in [5.74, 6) is -0.624. The molecular formula is C16H20ClN3O4S. The highest BCUT2D eigenvalue weighted by Gasteiger charge is 2.27. The van der Waals surface area contributed by atoms with Gasteiger partial charge in [-0.25, -0.2) is 4.79 Å². The molecular weight excluding hydrogens is 366 g/mol. The Morgan fingerprint density at radius 2 is 2.04 bits per heavy atom. The van der Waals surface area contributed by atoms with Crippen LogP contribution in [0.1, 0.15) is 34.1 Å². The largest absolute Gasteiger partial charge is 0.462 e. The van der Waals surface area contributed by atoms with Crippen LogP contribution in [0.15, 0.2) is 24.4 Å². The van der Waals surface area contributed by atoms with E-state index >= 15 is 0 Å². The quantitative estimate of drug-likeness (QED) is 0.712. The maximum absolute atomic E-state index is 12.5. The molecule has 0 unspecified atom stereocenters. The lowest BCUT2D eigenvalue weighted by Crippen LogP contribution is -2.31. The van der Waals surface area contributed by atoms with Crippen LogP contribution in [0.25, 0.3) is 0 Å². The van der Waals surface area contributed by atoms with E-state index in [1.165, 1.54) is 20.3 Å². The summed E-state index contributed by atoms with van der Waals surface area (Å²) in [4.78, 5) is 12.2. The van der Waals surface area contributed by atoms with Gasteiger partial charge in [0.05, 0.1) is 18.5 Å². The zero-order valence-corrected chi connectivity index (χ0v) is 16.1. The van der Waals surface area contributed by atoms with Crippen molar-refractivity contribution in [2.75, 3.05) is 20.7 Å². The smallest absolute Gasteiger partial charge is 0.341 e.